The van der Waals surface area contributed by atoms with Gasteiger partial charge in [-0.2, -0.15) is 5.10 Å². The molecule has 0 spiro atoms. The zero-order valence-electron chi connectivity index (χ0n) is 23.5. The summed E-state index contributed by atoms with van der Waals surface area (Å²) in [6.45, 7) is 4.12. The molecule has 0 unspecified atom stereocenters. The highest BCUT2D eigenvalue weighted by molar-refractivity contribution is 5.97. The zero-order valence-corrected chi connectivity index (χ0v) is 23.5. The number of hydrogen-bond donors (Lipinski definition) is 1. The van der Waals surface area contributed by atoms with Gasteiger partial charge in [0.1, 0.15) is 17.7 Å². The molecule has 0 radical (unpaired) electrons. The number of carbonyl (C=O) groups is 3. The Morgan fingerprint density at radius 3 is 2.50 bits per heavy atom. The van der Waals surface area contributed by atoms with E-state index in [1.165, 1.54) is 17.9 Å². The van der Waals surface area contributed by atoms with Crippen molar-refractivity contribution >= 4 is 29.8 Å². The topological polar surface area (TPSA) is 104 Å². The van der Waals surface area contributed by atoms with E-state index in [-0.39, 0.29) is 24.9 Å². The van der Waals surface area contributed by atoms with E-state index in [9.17, 15) is 14.4 Å². The fourth-order valence-corrected chi connectivity index (χ4v) is 4.91. The predicted octanol–water partition coefficient (Wildman–Crippen LogP) is 3.75. The van der Waals surface area contributed by atoms with Crippen LogP contribution in [0.15, 0.2) is 71.8 Å². The number of halogens is 1. The Morgan fingerprint density at radius 2 is 1.81 bits per heavy atom. The molecule has 5 rings (SSSR count). The zero-order chi connectivity index (χ0) is 29.6. The average Bonchev–Trinajstić information content (AvgIpc) is 3.39. The maximum Gasteiger partial charge on any atom is 0.414 e. The molecule has 218 valence electrons. The van der Waals surface area contributed by atoms with Crippen molar-refractivity contribution in [2.75, 3.05) is 51.3 Å². The van der Waals surface area contributed by atoms with Crippen molar-refractivity contribution in [3.8, 4) is 16.9 Å². The largest absolute Gasteiger partial charge is 0.496 e. The van der Waals surface area contributed by atoms with Gasteiger partial charge in [-0.05, 0) is 41.5 Å². The predicted molar refractivity (Wildman–Crippen MR) is 156 cm³/mol. The highest BCUT2D eigenvalue weighted by Gasteiger charge is 2.32. The summed E-state index contributed by atoms with van der Waals surface area (Å²) in [4.78, 5) is 39.5. The number of rotatable bonds is 8. The number of para-hydroxylation sites is 1. The van der Waals surface area contributed by atoms with Gasteiger partial charge in [-0.25, -0.2) is 9.18 Å². The van der Waals surface area contributed by atoms with E-state index in [1.807, 2.05) is 41.4 Å². The minimum atomic E-state index is -0.578. The SMILES string of the molecule is COc1ccccc1C(=O)N1CCN(/N=C/c2ccc(-c3ccc(N4C[C@H](CNC(C)=O)OC4=O)cc3F)cc2)CC1. The maximum atomic E-state index is 15.1. The molecule has 2 fully saturated rings. The van der Waals surface area contributed by atoms with Crippen LogP contribution in [0.4, 0.5) is 14.9 Å². The van der Waals surface area contributed by atoms with Crippen LogP contribution >= 0.6 is 0 Å². The number of benzene rings is 3. The van der Waals surface area contributed by atoms with E-state index in [0.29, 0.717) is 54.3 Å². The summed E-state index contributed by atoms with van der Waals surface area (Å²) >= 11 is 0. The maximum absolute atomic E-state index is 15.1. The van der Waals surface area contributed by atoms with E-state index < -0.39 is 18.0 Å². The Hall–Kier alpha value is -4.93. The molecule has 0 aromatic heterocycles. The molecule has 2 aliphatic rings. The lowest BCUT2D eigenvalue weighted by atomic mass is 10.0. The molecule has 1 atom stereocenters. The molecule has 3 amide bonds. The van der Waals surface area contributed by atoms with Crippen LogP contribution in [-0.2, 0) is 9.53 Å². The number of piperazine rings is 1. The van der Waals surface area contributed by atoms with Gasteiger partial charge in [0.15, 0.2) is 0 Å². The number of methoxy groups -OCH3 is 1. The third kappa shape index (κ3) is 6.51. The van der Waals surface area contributed by atoms with Gasteiger partial charge in [-0.3, -0.25) is 19.5 Å². The summed E-state index contributed by atoms with van der Waals surface area (Å²) in [7, 11) is 1.56. The van der Waals surface area contributed by atoms with Crippen LogP contribution in [-0.4, -0.2) is 86.5 Å². The Labute approximate surface area is 243 Å². The molecule has 3 aromatic rings. The van der Waals surface area contributed by atoms with Gasteiger partial charge in [0.2, 0.25) is 5.91 Å². The van der Waals surface area contributed by atoms with E-state index >= 15 is 4.39 Å². The summed E-state index contributed by atoms with van der Waals surface area (Å²) in [5.74, 6) is -0.174. The van der Waals surface area contributed by atoms with Crippen molar-refractivity contribution in [3.05, 3.63) is 83.7 Å². The first kappa shape index (κ1) is 28.6. The molecular formula is C31H32FN5O5. The van der Waals surface area contributed by atoms with Crippen molar-refractivity contribution in [1.29, 1.82) is 0 Å². The third-order valence-corrected chi connectivity index (χ3v) is 7.19. The van der Waals surface area contributed by atoms with Crippen LogP contribution < -0.4 is 15.0 Å². The minimum absolute atomic E-state index is 0.0570. The molecule has 0 bridgehead atoms. The number of hydrazone groups is 1. The highest BCUT2D eigenvalue weighted by atomic mass is 19.1. The summed E-state index contributed by atoms with van der Waals surface area (Å²) in [5.41, 5.74) is 2.88. The summed E-state index contributed by atoms with van der Waals surface area (Å²) < 4.78 is 25.7. The van der Waals surface area contributed by atoms with Crippen molar-refractivity contribution < 1.29 is 28.2 Å². The molecule has 11 heteroatoms. The fraction of sp³-hybridized carbons (Fsp3) is 0.290. The summed E-state index contributed by atoms with van der Waals surface area (Å²) in [6, 6.07) is 19.2. The first-order valence-electron chi connectivity index (χ1n) is 13.7. The number of cyclic esters (lactones) is 1. The number of carbonyl (C=O) groups excluding carboxylic acids is 3. The van der Waals surface area contributed by atoms with Gasteiger partial charge in [0.25, 0.3) is 5.91 Å². The standard InChI is InChI=1S/C31H32FN5O5/c1-21(38)33-19-25-20-37(31(40)42-25)24-11-12-26(28(32)17-24)23-9-7-22(8-10-23)18-34-36-15-13-35(14-16-36)30(39)27-5-3-4-6-29(27)41-2/h3-12,17-18,25H,13-16,19-20H2,1-2H3,(H,33,38)/b34-18+/t25-/m0/s1. The molecular weight excluding hydrogens is 541 g/mol. The second kappa shape index (κ2) is 12.7. The fourth-order valence-electron chi connectivity index (χ4n) is 4.91. The Morgan fingerprint density at radius 1 is 1.07 bits per heavy atom. The van der Waals surface area contributed by atoms with Gasteiger partial charge in [0.05, 0.1) is 50.8 Å². The molecule has 2 aliphatic heterocycles. The molecule has 2 saturated heterocycles. The highest BCUT2D eigenvalue weighted by Crippen LogP contribution is 2.29. The quantitative estimate of drug-likeness (QED) is 0.412. The van der Waals surface area contributed by atoms with E-state index in [0.717, 1.165) is 5.56 Å². The van der Waals surface area contributed by atoms with Gasteiger partial charge in [-0.15, -0.1) is 0 Å². The van der Waals surface area contributed by atoms with Crippen LogP contribution in [0.2, 0.25) is 0 Å². The van der Waals surface area contributed by atoms with Gasteiger partial charge < -0.3 is 19.7 Å². The van der Waals surface area contributed by atoms with Crippen molar-refractivity contribution in [3.63, 3.8) is 0 Å². The second-order valence-corrected chi connectivity index (χ2v) is 10.0. The molecule has 3 aromatic carbocycles. The van der Waals surface area contributed by atoms with Crippen LogP contribution in [0.1, 0.15) is 22.8 Å². The summed E-state index contributed by atoms with van der Waals surface area (Å²) in [5, 5.41) is 9.11. The number of nitrogens with one attached hydrogen (secondary N) is 1. The normalized spacial score (nSPS) is 17.0. The lowest BCUT2D eigenvalue weighted by molar-refractivity contribution is -0.119. The Balaban J connectivity index is 1.16. The average molecular weight is 574 g/mol. The molecule has 0 saturated carbocycles. The van der Waals surface area contributed by atoms with E-state index in [1.54, 1.807) is 42.5 Å². The van der Waals surface area contributed by atoms with Crippen LogP contribution in [0, 0.1) is 5.82 Å². The first-order chi connectivity index (χ1) is 20.3. The molecule has 0 aliphatic carbocycles. The minimum Gasteiger partial charge on any atom is -0.496 e. The van der Waals surface area contributed by atoms with Gasteiger partial charge >= 0.3 is 6.09 Å². The second-order valence-electron chi connectivity index (χ2n) is 10.0. The van der Waals surface area contributed by atoms with E-state index in [2.05, 4.69) is 10.4 Å². The van der Waals surface area contributed by atoms with Crippen LogP contribution in [0.3, 0.4) is 0 Å². The molecule has 42 heavy (non-hydrogen) atoms. The first-order valence-corrected chi connectivity index (χ1v) is 13.7. The molecule has 1 N–H and O–H groups in total. The van der Waals surface area contributed by atoms with E-state index in [4.69, 9.17) is 9.47 Å². The Kier molecular flexibility index (Phi) is 8.66. The monoisotopic (exact) mass is 573 g/mol. The molecule has 10 nitrogen and oxygen atoms in total. The molecule has 2 heterocycles. The Bertz CT molecular complexity index is 1490. The smallest absolute Gasteiger partial charge is 0.414 e. The number of ether oxygens (including phenoxy) is 2. The summed E-state index contributed by atoms with van der Waals surface area (Å²) in [6.07, 6.45) is 0.672. The number of nitrogens with zero attached hydrogens (tertiary/aromatic N) is 4. The van der Waals surface area contributed by atoms with Crippen LogP contribution in [0.25, 0.3) is 11.1 Å². The number of anilines is 1. The van der Waals surface area contributed by atoms with Crippen LogP contribution in [0.5, 0.6) is 5.75 Å². The third-order valence-electron chi connectivity index (χ3n) is 7.19. The van der Waals surface area contributed by atoms with Gasteiger partial charge in [-0.1, -0.05) is 36.4 Å². The van der Waals surface area contributed by atoms with Gasteiger partial charge in [0, 0.05) is 25.6 Å². The lowest BCUT2D eigenvalue weighted by Crippen LogP contribution is -2.46. The lowest BCUT2D eigenvalue weighted by Gasteiger charge is -2.33. The number of amides is 3. The van der Waals surface area contributed by atoms with Crippen molar-refractivity contribution in [2.45, 2.75) is 13.0 Å². The number of hydrogen-bond acceptors (Lipinski definition) is 7. The van der Waals surface area contributed by atoms with Crippen molar-refractivity contribution in [1.82, 2.24) is 15.2 Å². The van der Waals surface area contributed by atoms with Crippen molar-refractivity contribution in [2.24, 2.45) is 5.10 Å².